The predicted octanol–water partition coefficient (Wildman–Crippen LogP) is 3.35. The SMILES string of the molecule is CNCC1(c2ccccc2F)CC(C(C)C)C1. The van der Waals surface area contributed by atoms with Crippen LogP contribution in [0, 0.1) is 17.7 Å². The molecule has 1 saturated carbocycles. The maximum atomic E-state index is 13.9. The topological polar surface area (TPSA) is 12.0 Å². The lowest BCUT2D eigenvalue weighted by Gasteiger charge is -2.50. The minimum Gasteiger partial charge on any atom is -0.319 e. The molecule has 1 aromatic rings. The summed E-state index contributed by atoms with van der Waals surface area (Å²) in [4.78, 5) is 0. The van der Waals surface area contributed by atoms with Crippen molar-refractivity contribution >= 4 is 0 Å². The first kappa shape index (κ1) is 12.6. The molecule has 0 aliphatic heterocycles. The van der Waals surface area contributed by atoms with E-state index in [9.17, 15) is 4.39 Å². The van der Waals surface area contributed by atoms with Crippen molar-refractivity contribution in [3.05, 3.63) is 35.6 Å². The Morgan fingerprint density at radius 3 is 2.53 bits per heavy atom. The number of hydrogen-bond acceptors (Lipinski definition) is 1. The van der Waals surface area contributed by atoms with Crippen LogP contribution in [0.15, 0.2) is 24.3 Å². The van der Waals surface area contributed by atoms with Gasteiger partial charge >= 0.3 is 0 Å². The lowest BCUT2D eigenvalue weighted by Crippen LogP contribution is -2.49. The van der Waals surface area contributed by atoms with E-state index in [1.54, 1.807) is 12.1 Å². The molecule has 1 fully saturated rings. The van der Waals surface area contributed by atoms with Crippen LogP contribution in [0.1, 0.15) is 32.3 Å². The molecule has 0 atom stereocenters. The van der Waals surface area contributed by atoms with Gasteiger partial charge in [-0.15, -0.1) is 0 Å². The quantitative estimate of drug-likeness (QED) is 0.844. The lowest BCUT2D eigenvalue weighted by atomic mass is 9.55. The second kappa shape index (κ2) is 4.77. The highest BCUT2D eigenvalue weighted by Crippen LogP contribution is 2.50. The van der Waals surface area contributed by atoms with Crippen molar-refractivity contribution in [3.8, 4) is 0 Å². The molecule has 0 bridgehead atoms. The largest absolute Gasteiger partial charge is 0.319 e. The maximum Gasteiger partial charge on any atom is 0.127 e. The van der Waals surface area contributed by atoms with Gasteiger partial charge in [0.05, 0.1) is 0 Å². The summed E-state index contributed by atoms with van der Waals surface area (Å²) in [7, 11) is 1.95. The summed E-state index contributed by atoms with van der Waals surface area (Å²) >= 11 is 0. The second-order valence-corrected chi connectivity index (χ2v) is 5.70. The fourth-order valence-electron chi connectivity index (χ4n) is 3.10. The third-order valence-electron chi connectivity index (χ3n) is 4.21. The number of likely N-dealkylation sites (N-methyl/N-ethyl adjacent to an activating group) is 1. The Labute approximate surface area is 103 Å². The van der Waals surface area contributed by atoms with Crippen molar-refractivity contribution < 1.29 is 4.39 Å². The number of hydrogen-bond donors (Lipinski definition) is 1. The molecule has 1 aliphatic rings. The highest BCUT2D eigenvalue weighted by Gasteiger charge is 2.46. The second-order valence-electron chi connectivity index (χ2n) is 5.70. The van der Waals surface area contributed by atoms with E-state index in [4.69, 9.17) is 0 Å². The monoisotopic (exact) mass is 235 g/mol. The van der Waals surface area contributed by atoms with Gasteiger partial charge in [-0.3, -0.25) is 0 Å². The summed E-state index contributed by atoms with van der Waals surface area (Å²) < 4.78 is 13.9. The molecular weight excluding hydrogens is 213 g/mol. The fourth-order valence-corrected chi connectivity index (χ4v) is 3.10. The Bertz CT molecular complexity index is 380. The normalized spacial score (nSPS) is 28.2. The highest BCUT2D eigenvalue weighted by atomic mass is 19.1. The molecule has 1 N–H and O–H groups in total. The van der Waals surface area contributed by atoms with Crippen LogP contribution in [-0.2, 0) is 5.41 Å². The van der Waals surface area contributed by atoms with Crippen LogP contribution in [0.3, 0.4) is 0 Å². The van der Waals surface area contributed by atoms with Crippen LogP contribution >= 0.6 is 0 Å². The van der Waals surface area contributed by atoms with Gasteiger partial charge in [0.2, 0.25) is 0 Å². The molecule has 1 nitrogen and oxygen atoms in total. The summed E-state index contributed by atoms with van der Waals surface area (Å²) in [6, 6.07) is 7.24. The van der Waals surface area contributed by atoms with Crippen LogP contribution in [-0.4, -0.2) is 13.6 Å². The zero-order chi connectivity index (χ0) is 12.5. The molecule has 0 saturated heterocycles. The van der Waals surface area contributed by atoms with Crippen LogP contribution in [0.25, 0.3) is 0 Å². The summed E-state index contributed by atoms with van der Waals surface area (Å²) in [6.45, 7) is 5.39. The van der Waals surface area contributed by atoms with E-state index in [1.807, 2.05) is 19.2 Å². The standard InChI is InChI=1S/C15H22FN/c1-11(2)12-8-15(9-12,10-17-3)13-6-4-5-7-14(13)16/h4-7,11-12,17H,8-10H2,1-3H3. The molecule has 2 rings (SSSR count). The third kappa shape index (κ3) is 2.23. The van der Waals surface area contributed by atoms with Gasteiger partial charge in [-0.2, -0.15) is 0 Å². The Balaban J connectivity index is 2.23. The van der Waals surface area contributed by atoms with Gasteiger partial charge < -0.3 is 5.32 Å². The van der Waals surface area contributed by atoms with Gasteiger partial charge in [0.15, 0.2) is 0 Å². The first-order chi connectivity index (χ1) is 8.09. The third-order valence-corrected chi connectivity index (χ3v) is 4.21. The molecule has 2 heteroatoms. The van der Waals surface area contributed by atoms with Gasteiger partial charge in [-0.25, -0.2) is 4.39 Å². The van der Waals surface area contributed by atoms with Crippen LogP contribution in [0.4, 0.5) is 4.39 Å². The van der Waals surface area contributed by atoms with E-state index in [2.05, 4.69) is 19.2 Å². The molecule has 0 unspecified atom stereocenters. The first-order valence-corrected chi connectivity index (χ1v) is 6.49. The first-order valence-electron chi connectivity index (χ1n) is 6.49. The van der Waals surface area contributed by atoms with Crippen LogP contribution < -0.4 is 5.32 Å². The molecule has 0 amide bonds. The van der Waals surface area contributed by atoms with E-state index < -0.39 is 0 Å². The Morgan fingerprint density at radius 1 is 1.35 bits per heavy atom. The van der Waals surface area contributed by atoms with Crippen molar-refractivity contribution in [1.29, 1.82) is 0 Å². The maximum absolute atomic E-state index is 13.9. The zero-order valence-corrected chi connectivity index (χ0v) is 11.0. The number of halogens is 1. The molecule has 1 aromatic carbocycles. The predicted molar refractivity (Wildman–Crippen MR) is 69.6 cm³/mol. The molecule has 0 spiro atoms. The van der Waals surface area contributed by atoms with E-state index in [1.165, 1.54) is 0 Å². The van der Waals surface area contributed by atoms with E-state index >= 15 is 0 Å². The van der Waals surface area contributed by atoms with E-state index in [0.717, 1.165) is 30.9 Å². The van der Waals surface area contributed by atoms with Crippen LogP contribution in [0.5, 0.6) is 0 Å². The highest BCUT2D eigenvalue weighted by molar-refractivity contribution is 5.31. The Morgan fingerprint density at radius 2 is 2.00 bits per heavy atom. The summed E-state index contributed by atoms with van der Waals surface area (Å²) in [5, 5.41) is 3.23. The van der Waals surface area contributed by atoms with Gasteiger partial charge in [-0.05, 0) is 43.4 Å². The number of rotatable bonds is 4. The Kier molecular flexibility index (Phi) is 3.53. The lowest BCUT2D eigenvalue weighted by molar-refractivity contribution is 0.0963. The molecule has 1 aliphatic carbocycles. The van der Waals surface area contributed by atoms with Crippen LogP contribution in [0.2, 0.25) is 0 Å². The molecule has 94 valence electrons. The van der Waals surface area contributed by atoms with Gasteiger partial charge in [-0.1, -0.05) is 32.0 Å². The fraction of sp³-hybridized carbons (Fsp3) is 0.600. The zero-order valence-electron chi connectivity index (χ0n) is 11.0. The van der Waals surface area contributed by atoms with Gasteiger partial charge in [0.1, 0.15) is 5.82 Å². The van der Waals surface area contributed by atoms with Crippen molar-refractivity contribution in [2.75, 3.05) is 13.6 Å². The molecule has 0 aromatic heterocycles. The van der Waals surface area contributed by atoms with Crippen molar-refractivity contribution in [3.63, 3.8) is 0 Å². The van der Waals surface area contributed by atoms with E-state index in [0.29, 0.717) is 5.92 Å². The molecule has 0 radical (unpaired) electrons. The number of nitrogens with one attached hydrogen (secondary N) is 1. The average molecular weight is 235 g/mol. The van der Waals surface area contributed by atoms with Gasteiger partial charge in [0.25, 0.3) is 0 Å². The van der Waals surface area contributed by atoms with Gasteiger partial charge in [0, 0.05) is 12.0 Å². The van der Waals surface area contributed by atoms with Crippen molar-refractivity contribution in [1.82, 2.24) is 5.32 Å². The summed E-state index contributed by atoms with van der Waals surface area (Å²) in [6.07, 6.45) is 2.21. The minimum atomic E-state index is -0.0510. The minimum absolute atomic E-state index is 0.0228. The summed E-state index contributed by atoms with van der Waals surface area (Å²) in [5.41, 5.74) is 0.918. The molecule has 0 heterocycles. The Hall–Kier alpha value is -0.890. The van der Waals surface area contributed by atoms with Crippen molar-refractivity contribution in [2.45, 2.75) is 32.1 Å². The smallest absolute Gasteiger partial charge is 0.127 e. The summed E-state index contributed by atoms with van der Waals surface area (Å²) in [5.74, 6) is 1.39. The van der Waals surface area contributed by atoms with Crippen molar-refractivity contribution in [2.24, 2.45) is 11.8 Å². The number of benzene rings is 1. The molecule has 17 heavy (non-hydrogen) atoms. The average Bonchev–Trinajstić information content (AvgIpc) is 2.23. The van der Waals surface area contributed by atoms with E-state index in [-0.39, 0.29) is 11.2 Å². The molecular formula is C15H22FN.